The van der Waals surface area contributed by atoms with Crippen LogP contribution in [0.3, 0.4) is 0 Å². The van der Waals surface area contributed by atoms with Crippen LogP contribution in [0.5, 0.6) is 0 Å². The van der Waals surface area contributed by atoms with E-state index in [0.29, 0.717) is 35.9 Å². The molecule has 0 spiro atoms. The van der Waals surface area contributed by atoms with Crippen LogP contribution in [0, 0.1) is 5.82 Å². The fourth-order valence-electron chi connectivity index (χ4n) is 2.28. The molecule has 0 atom stereocenters. The lowest BCUT2D eigenvalue weighted by molar-refractivity contribution is 0.122. The number of morpholine rings is 1. The van der Waals surface area contributed by atoms with Gasteiger partial charge in [0, 0.05) is 36.6 Å². The maximum atomic E-state index is 13.9. The summed E-state index contributed by atoms with van der Waals surface area (Å²) < 4.78 is 19.2. The number of nitrogens with zero attached hydrogens (tertiary/aromatic N) is 3. The van der Waals surface area contributed by atoms with E-state index in [9.17, 15) is 4.39 Å². The molecule has 3 rings (SSSR count). The normalized spacial score (nSPS) is 15.2. The molecule has 0 aliphatic carbocycles. The smallest absolute Gasteiger partial charge is 0.225 e. The third-order valence-electron chi connectivity index (χ3n) is 3.46. The summed E-state index contributed by atoms with van der Waals surface area (Å²) in [5.74, 6) is 0.274. The van der Waals surface area contributed by atoms with Crippen molar-refractivity contribution in [3.8, 4) is 11.1 Å². The molecular formula is C15H16FN3O2. The molecule has 0 saturated carbocycles. The molecule has 0 radical (unpaired) electrons. The highest BCUT2D eigenvalue weighted by atomic mass is 19.1. The molecule has 2 aromatic rings. The topological polar surface area (TPSA) is 58.5 Å². The van der Waals surface area contributed by atoms with Crippen LogP contribution in [0.1, 0.15) is 5.56 Å². The van der Waals surface area contributed by atoms with Gasteiger partial charge in [0.05, 0.1) is 19.8 Å². The second-order valence-corrected chi connectivity index (χ2v) is 4.84. The first-order chi connectivity index (χ1) is 10.3. The molecule has 1 aliphatic heterocycles. The lowest BCUT2D eigenvalue weighted by Crippen LogP contribution is -2.37. The molecule has 0 bridgehead atoms. The number of aliphatic hydroxyl groups is 1. The minimum absolute atomic E-state index is 0.125. The van der Waals surface area contributed by atoms with E-state index in [1.54, 1.807) is 24.5 Å². The Morgan fingerprint density at radius 2 is 1.90 bits per heavy atom. The summed E-state index contributed by atoms with van der Waals surface area (Å²) in [6, 6.07) is 4.51. The van der Waals surface area contributed by atoms with Gasteiger partial charge in [-0.2, -0.15) is 0 Å². The van der Waals surface area contributed by atoms with Gasteiger partial charge in [-0.05, 0) is 17.7 Å². The highest BCUT2D eigenvalue weighted by Gasteiger charge is 2.14. The molecular weight excluding hydrogens is 273 g/mol. The van der Waals surface area contributed by atoms with Gasteiger partial charge in [0.1, 0.15) is 5.82 Å². The Morgan fingerprint density at radius 1 is 1.19 bits per heavy atom. The van der Waals surface area contributed by atoms with Crippen molar-refractivity contribution in [2.24, 2.45) is 0 Å². The SMILES string of the molecule is OCc1ccc(F)c(-c2cnc(N3CCOCC3)nc2)c1. The van der Waals surface area contributed by atoms with Gasteiger partial charge in [-0.25, -0.2) is 14.4 Å². The Labute approximate surface area is 122 Å². The second kappa shape index (κ2) is 6.15. The quantitative estimate of drug-likeness (QED) is 0.930. The molecule has 5 nitrogen and oxygen atoms in total. The maximum absolute atomic E-state index is 13.9. The zero-order chi connectivity index (χ0) is 14.7. The lowest BCUT2D eigenvalue weighted by atomic mass is 10.1. The van der Waals surface area contributed by atoms with E-state index < -0.39 is 0 Å². The molecule has 1 fully saturated rings. The largest absolute Gasteiger partial charge is 0.392 e. The van der Waals surface area contributed by atoms with Crippen molar-refractivity contribution < 1.29 is 14.2 Å². The van der Waals surface area contributed by atoms with Crippen LogP contribution in [-0.2, 0) is 11.3 Å². The molecule has 6 heteroatoms. The number of rotatable bonds is 3. The molecule has 1 aromatic carbocycles. The fourth-order valence-corrected chi connectivity index (χ4v) is 2.28. The average Bonchev–Trinajstić information content (AvgIpc) is 2.56. The lowest BCUT2D eigenvalue weighted by Gasteiger charge is -2.26. The number of anilines is 1. The van der Waals surface area contributed by atoms with Crippen molar-refractivity contribution >= 4 is 5.95 Å². The zero-order valence-electron chi connectivity index (χ0n) is 11.5. The Kier molecular flexibility index (Phi) is 4.08. The summed E-state index contributed by atoms with van der Waals surface area (Å²) in [7, 11) is 0. The minimum atomic E-state index is -0.352. The molecule has 1 aliphatic rings. The van der Waals surface area contributed by atoms with E-state index in [4.69, 9.17) is 9.84 Å². The summed E-state index contributed by atoms with van der Waals surface area (Å²) in [6.07, 6.45) is 3.22. The Morgan fingerprint density at radius 3 is 2.57 bits per heavy atom. The number of aromatic nitrogens is 2. The van der Waals surface area contributed by atoms with Crippen LogP contribution >= 0.6 is 0 Å². The van der Waals surface area contributed by atoms with E-state index >= 15 is 0 Å². The maximum Gasteiger partial charge on any atom is 0.225 e. The van der Waals surface area contributed by atoms with E-state index in [0.717, 1.165) is 13.1 Å². The monoisotopic (exact) mass is 289 g/mol. The standard InChI is InChI=1S/C15H16FN3O2/c16-14-2-1-11(10-20)7-13(14)12-8-17-15(18-9-12)19-3-5-21-6-4-19/h1-2,7-9,20H,3-6,10H2. The summed E-state index contributed by atoms with van der Waals surface area (Å²) >= 11 is 0. The van der Waals surface area contributed by atoms with Gasteiger partial charge in [-0.3, -0.25) is 0 Å². The van der Waals surface area contributed by atoms with E-state index in [1.807, 2.05) is 4.90 Å². The highest BCUT2D eigenvalue weighted by molar-refractivity contribution is 5.63. The van der Waals surface area contributed by atoms with Gasteiger partial charge in [0.15, 0.2) is 0 Å². The number of halogens is 1. The molecule has 21 heavy (non-hydrogen) atoms. The van der Waals surface area contributed by atoms with Crippen LogP contribution in [0.2, 0.25) is 0 Å². The predicted molar refractivity (Wildman–Crippen MR) is 76.4 cm³/mol. The van der Waals surface area contributed by atoms with Crippen molar-refractivity contribution in [3.05, 3.63) is 42.0 Å². The molecule has 1 aromatic heterocycles. The van der Waals surface area contributed by atoms with Crippen LogP contribution in [0.15, 0.2) is 30.6 Å². The first-order valence-corrected chi connectivity index (χ1v) is 6.82. The number of hydrogen-bond acceptors (Lipinski definition) is 5. The van der Waals surface area contributed by atoms with Gasteiger partial charge in [0.2, 0.25) is 5.95 Å². The van der Waals surface area contributed by atoms with Crippen LogP contribution in [0.25, 0.3) is 11.1 Å². The van der Waals surface area contributed by atoms with Crippen molar-refractivity contribution in [3.63, 3.8) is 0 Å². The average molecular weight is 289 g/mol. The highest BCUT2D eigenvalue weighted by Crippen LogP contribution is 2.24. The summed E-state index contributed by atoms with van der Waals surface area (Å²) in [5, 5.41) is 9.14. The summed E-state index contributed by atoms with van der Waals surface area (Å²) in [6.45, 7) is 2.72. The third-order valence-corrected chi connectivity index (χ3v) is 3.46. The van der Waals surface area contributed by atoms with Gasteiger partial charge in [0.25, 0.3) is 0 Å². The third kappa shape index (κ3) is 3.01. The number of ether oxygens (including phenoxy) is 1. The first-order valence-electron chi connectivity index (χ1n) is 6.82. The second-order valence-electron chi connectivity index (χ2n) is 4.84. The number of benzene rings is 1. The van der Waals surface area contributed by atoms with Gasteiger partial charge >= 0.3 is 0 Å². The molecule has 1 N–H and O–H groups in total. The van der Waals surface area contributed by atoms with Gasteiger partial charge < -0.3 is 14.7 Å². The van der Waals surface area contributed by atoms with Gasteiger partial charge in [-0.15, -0.1) is 0 Å². The molecule has 0 unspecified atom stereocenters. The van der Waals surface area contributed by atoms with Crippen LogP contribution in [0.4, 0.5) is 10.3 Å². The van der Waals surface area contributed by atoms with Gasteiger partial charge in [-0.1, -0.05) is 6.07 Å². The molecule has 0 amide bonds. The number of hydrogen-bond donors (Lipinski definition) is 1. The van der Waals surface area contributed by atoms with E-state index in [2.05, 4.69) is 9.97 Å². The Hall–Kier alpha value is -2.05. The van der Waals surface area contributed by atoms with Crippen molar-refractivity contribution in [1.82, 2.24) is 9.97 Å². The molecule has 2 heterocycles. The Bertz CT molecular complexity index is 613. The zero-order valence-corrected chi connectivity index (χ0v) is 11.5. The molecule has 110 valence electrons. The van der Waals surface area contributed by atoms with Crippen LogP contribution in [-0.4, -0.2) is 41.4 Å². The van der Waals surface area contributed by atoms with Crippen molar-refractivity contribution in [1.29, 1.82) is 0 Å². The van der Waals surface area contributed by atoms with Crippen molar-refractivity contribution in [2.45, 2.75) is 6.61 Å². The van der Waals surface area contributed by atoms with Crippen molar-refractivity contribution in [2.75, 3.05) is 31.2 Å². The van der Waals surface area contributed by atoms with Crippen LogP contribution < -0.4 is 4.90 Å². The number of aliphatic hydroxyl groups excluding tert-OH is 1. The van der Waals surface area contributed by atoms with E-state index in [-0.39, 0.29) is 12.4 Å². The summed E-state index contributed by atoms with van der Waals surface area (Å²) in [5.41, 5.74) is 1.65. The minimum Gasteiger partial charge on any atom is -0.392 e. The first kappa shape index (κ1) is 13.9. The predicted octanol–water partition coefficient (Wildman–Crippen LogP) is 1.61. The fraction of sp³-hybridized carbons (Fsp3) is 0.333. The van der Waals surface area contributed by atoms with E-state index in [1.165, 1.54) is 6.07 Å². The summed E-state index contributed by atoms with van der Waals surface area (Å²) in [4.78, 5) is 10.6. The Balaban J connectivity index is 1.86. The molecule has 1 saturated heterocycles.